The van der Waals surface area contributed by atoms with E-state index in [2.05, 4.69) is 25.7 Å². The fourth-order valence-electron chi connectivity index (χ4n) is 2.06. The standard InChI is InChI=1S/C9H12/c1-7-8-4-3-5-9(7,2)6-8/h7-8H,4,6H2,1-2H3/t7-,8?,9?/m1/s1. The number of hydrogen-bond donors (Lipinski definition) is 0. The Labute approximate surface area is 56.6 Å². The molecule has 2 unspecified atom stereocenters. The highest BCUT2D eigenvalue weighted by atomic mass is 14.5. The van der Waals surface area contributed by atoms with Crippen molar-refractivity contribution in [1.29, 1.82) is 0 Å². The molecule has 48 valence electrons. The molecule has 0 aromatic rings. The monoisotopic (exact) mass is 120 g/mol. The maximum absolute atomic E-state index is 3.32. The molecule has 3 aliphatic rings. The molecule has 1 saturated carbocycles. The summed E-state index contributed by atoms with van der Waals surface area (Å²) in [4.78, 5) is 0. The van der Waals surface area contributed by atoms with Crippen molar-refractivity contribution in [2.24, 2.45) is 17.3 Å². The predicted molar refractivity (Wildman–Crippen MR) is 37.8 cm³/mol. The van der Waals surface area contributed by atoms with Crippen LogP contribution in [0.15, 0.2) is 0 Å². The van der Waals surface area contributed by atoms with Crippen molar-refractivity contribution in [3.8, 4) is 11.8 Å². The minimum absolute atomic E-state index is 0.420. The van der Waals surface area contributed by atoms with Crippen molar-refractivity contribution in [3.05, 3.63) is 0 Å². The summed E-state index contributed by atoms with van der Waals surface area (Å²) in [5.74, 6) is 8.34. The SMILES string of the molecule is C[C@@H]1C2CC#CC1(C)C2. The first kappa shape index (κ1) is 5.35. The van der Waals surface area contributed by atoms with Crippen molar-refractivity contribution >= 4 is 0 Å². The molecule has 0 spiro atoms. The summed E-state index contributed by atoms with van der Waals surface area (Å²) in [6.45, 7) is 4.63. The zero-order chi connectivity index (χ0) is 6.48. The Bertz CT molecular complexity index is 194. The van der Waals surface area contributed by atoms with Crippen LogP contribution < -0.4 is 0 Å². The Morgan fingerprint density at radius 2 is 2.33 bits per heavy atom. The molecular weight excluding hydrogens is 108 g/mol. The zero-order valence-electron chi connectivity index (χ0n) is 6.07. The summed E-state index contributed by atoms with van der Waals surface area (Å²) < 4.78 is 0. The van der Waals surface area contributed by atoms with Crippen LogP contribution in [0.4, 0.5) is 0 Å². The van der Waals surface area contributed by atoms with E-state index in [9.17, 15) is 0 Å². The summed E-state index contributed by atoms with van der Waals surface area (Å²) in [6, 6.07) is 0. The van der Waals surface area contributed by atoms with Crippen molar-refractivity contribution in [2.75, 3.05) is 0 Å². The van der Waals surface area contributed by atoms with Crippen LogP contribution in [-0.4, -0.2) is 0 Å². The quantitative estimate of drug-likeness (QED) is 0.429. The van der Waals surface area contributed by atoms with E-state index in [1.807, 2.05) is 0 Å². The van der Waals surface area contributed by atoms with Gasteiger partial charge in [-0.3, -0.25) is 0 Å². The second-order valence-corrected chi connectivity index (χ2v) is 3.68. The molecule has 9 heavy (non-hydrogen) atoms. The third-order valence-electron chi connectivity index (χ3n) is 3.14. The molecule has 0 heteroatoms. The fraction of sp³-hybridized carbons (Fsp3) is 0.778. The first-order valence-corrected chi connectivity index (χ1v) is 3.72. The van der Waals surface area contributed by atoms with Gasteiger partial charge in [0.15, 0.2) is 0 Å². The first-order valence-electron chi connectivity index (χ1n) is 3.72. The molecule has 3 aliphatic carbocycles. The molecule has 3 rings (SSSR count). The minimum atomic E-state index is 0.420. The van der Waals surface area contributed by atoms with E-state index >= 15 is 0 Å². The summed E-state index contributed by atoms with van der Waals surface area (Å²) in [7, 11) is 0. The zero-order valence-corrected chi connectivity index (χ0v) is 6.07. The number of hydrogen-bond acceptors (Lipinski definition) is 0. The number of fused-ring (bicyclic) bond motifs is 1. The van der Waals surface area contributed by atoms with E-state index in [1.54, 1.807) is 0 Å². The van der Waals surface area contributed by atoms with Crippen LogP contribution >= 0.6 is 0 Å². The van der Waals surface area contributed by atoms with E-state index in [4.69, 9.17) is 0 Å². The summed E-state index contributed by atoms with van der Waals surface area (Å²) in [5.41, 5.74) is 0.420. The summed E-state index contributed by atoms with van der Waals surface area (Å²) in [5, 5.41) is 0. The molecule has 0 nitrogen and oxygen atoms in total. The van der Waals surface area contributed by atoms with Crippen LogP contribution in [0.1, 0.15) is 26.7 Å². The Hall–Kier alpha value is -0.440. The lowest BCUT2D eigenvalue weighted by Crippen LogP contribution is -2.45. The third kappa shape index (κ3) is 0.503. The third-order valence-corrected chi connectivity index (χ3v) is 3.14. The van der Waals surface area contributed by atoms with Gasteiger partial charge in [-0.1, -0.05) is 12.8 Å². The normalized spacial score (nSPS) is 53.1. The lowest BCUT2D eigenvalue weighted by atomic mass is 9.53. The second kappa shape index (κ2) is 1.34. The molecule has 0 amide bonds. The van der Waals surface area contributed by atoms with Crippen molar-refractivity contribution < 1.29 is 0 Å². The minimum Gasteiger partial charge on any atom is -0.102 e. The van der Waals surface area contributed by atoms with Gasteiger partial charge in [-0.25, -0.2) is 0 Å². The van der Waals surface area contributed by atoms with Gasteiger partial charge in [-0.2, -0.15) is 0 Å². The largest absolute Gasteiger partial charge is 0.102 e. The van der Waals surface area contributed by atoms with Gasteiger partial charge in [0.1, 0.15) is 0 Å². The van der Waals surface area contributed by atoms with Crippen LogP contribution in [0.25, 0.3) is 0 Å². The molecule has 2 bridgehead atoms. The molecular formula is C9H12. The highest BCUT2D eigenvalue weighted by Gasteiger charge is 2.47. The van der Waals surface area contributed by atoms with Gasteiger partial charge in [-0.05, 0) is 25.2 Å². The van der Waals surface area contributed by atoms with Crippen LogP contribution in [-0.2, 0) is 0 Å². The molecule has 1 fully saturated rings. The van der Waals surface area contributed by atoms with Gasteiger partial charge in [0, 0.05) is 11.8 Å². The summed E-state index contributed by atoms with van der Waals surface area (Å²) >= 11 is 0. The molecule has 0 radical (unpaired) electrons. The highest BCUT2D eigenvalue weighted by Crippen LogP contribution is 2.53. The van der Waals surface area contributed by atoms with Gasteiger partial charge >= 0.3 is 0 Å². The summed E-state index contributed by atoms with van der Waals surface area (Å²) in [6.07, 6.45) is 2.53. The van der Waals surface area contributed by atoms with Crippen LogP contribution in [0.2, 0.25) is 0 Å². The van der Waals surface area contributed by atoms with Crippen molar-refractivity contribution in [2.45, 2.75) is 26.7 Å². The van der Waals surface area contributed by atoms with E-state index in [0.29, 0.717) is 5.41 Å². The molecule has 0 saturated heterocycles. The lowest BCUT2D eigenvalue weighted by Gasteiger charge is -2.50. The average Bonchev–Trinajstić information content (AvgIpc) is 1.88. The Balaban J connectivity index is 2.34. The van der Waals surface area contributed by atoms with Gasteiger partial charge in [0.25, 0.3) is 0 Å². The van der Waals surface area contributed by atoms with Crippen LogP contribution in [0, 0.1) is 29.1 Å². The average molecular weight is 120 g/mol. The molecule has 0 aromatic carbocycles. The molecule has 3 atom stereocenters. The van der Waals surface area contributed by atoms with Crippen molar-refractivity contribution in [3.63, 3.8) is 0 Å². The first-order chi connectivity index (χ1) is 4.22. The maximum Gasteiger partial charge on any atom is 0.0318 e. The molecule has 0 N–H and O–H groups in total. The highest BCUT2D eigenvalue weighted by molar-refractivity contribution is 5.24. The van der Waals surface area contributed by atoms with E-state index < -0.39 is 0 Å². The molecule has 0 heterocycles. The van der Waals surface area contributed by atoms with Crippen LogP contribution in [0.3, 0.4) is 0 Å². The van der Waals surface area contributed by atoms with Gasteiger partial charge in [-0.15, -0.1) is 5.92 Å². The van der Waals surface area contributed by atoms with Gasteiger partial charge in [0.05, 0.1) is 0 Å². The topological polar surface area (TPSA) is 0 Å². The van der Waals surface area contributed by atoms with Crippen LogP contribution in [0.5, 0.6) is 0 Å². The maximum atomic E-state index is 3.32. The molecule has 0 aromatic heterocycles. The Kier molecular flexibility index (Phi) is 0.799. The number of rotatable bonds is 0. The second-order valence-electron chi connectivity index (χ2n) is 3.68. The predicted octanol–water partition coefficient (Wildman–Crippen LogP) is 2.06. The lowest BCUT2D eigenvalue weighted by molar-refractivity contribution is 0.0351. The van der Waals surface area contributed by atoms with Gasteiger partial charge in [0.2, 0.25) is 0 Å². The fourth-order valence-corrected chi connectivity index (χ4v) is 2.06. The van der Waals surface area contributed by atoms with Crippen molar-refractivity contribution in [1.82, 2.24) is 0 Å². The van der Waals surface area contributed by atoms with E-state index in [1.165, 1.54) is 6.42 Å². The smallest absolute Gasteiger partial charge is 0.0318 e. The van der Waals surface area contributed by atoms with Gasteiger partial charge < -0.3 is 0 Å². The van der Waals surface area contributed by atoms with E-state index in [-0.39, 0.29) is 0 Å². The van der Waals surface area contributed by atoms with E-state index in [0.717, 1.165) is 18.3 Å². The Morgan fingerprint density at radius 3 is 2.67 bits per heavy atom. The Morgan fingerprint density at radius 1 is 1.56 bits per heavy atom. The molecule has 0 aliphatic heterocycles.